The van der Waals surface area contributed by atoms with E-state index >= 15 is 0 Å². The van der Waals surface area contributed by atoms with E-state index in [1.165, 1.54) is 6.26 Å². The molecule has 4 N–H and O–H groups in total. The molecule has 0 saturated carbocycles. The van der Waals surface area contributed by atoms with Crippen LogP contribution in [0.5, 0.6) is 5.75 Å². The van der Waals surface area contributed by atoms with Crippen molar-refractivity contribution >= 4 is 23.4 Å². The highest BCUT2D eigenvalue weighted by molar-refractivity contribution is 6.02. The van der Waals surface area contributed by atoms with Gasteiger partial charge in [0.2, 0.25) is 5.91 Å². The first-order valence-corrected chi connectivity index (χ1v) is 8.74. The van der Waals surface area contributed by atoms with Gasteiger partial charge in [-0.1, -0.05) is 18.2 Å². The summed E-state index contributed by atoms with van der Waals surface area (Å²) in [4.78, 5) is 35.0. The lowest BCUT2D eigenvalue weighted by molar-refractivity contribution is -0.123. The third-order valence-corrected chi connectivity index (χ3v) is 3.93. The molecule has 1 heterocycles. The Morgan fingerprint density at radius 3 is 2.48 bits per heavy atom. The third kappa shape index (κ3) is 5.70. The van der Waals surface area contributed by atoms with Crippen molar-refractivity contribution in [2.45, 2.75) is 6.54 Å². The van der Waals surface area contributed by atoms with Gasteiger partial charge in [0, 0.05) is 23.9 Å². The monoisotopic (exact) mass is 393 g/mol. The van der Waals surface area contributed by atoms with E-state index in [9.17, 15) is 14.4 Å². The van der Waals surface area contributed by atoms with E-state index in [1.807, 2.05) is 0 Å². The number of hydrogen-bond acceptors (Lipinski definition) is 5. The maximum atomic E-state index is 12.0. The van der Waals surface area contributed by atoms with Crippen LogP contribution in [0.1, 0.15) is 26.5 Å². The Labute approximate surface area is 166 Å². The van der Waals surface area contributed by atoms with Crippen LogP contribution >= 0.6 is 0 Å². The smallest absolute Gasteiger partial charge is 0.291 e. The lowest BCUT2D eigenvalue weighted by atomic mass is 10.1. The largest absolute Gasteiger partial charge is 0.484 e. The number of hydrogen-bond donors (Lipinski definition) is 3. The summed E-state index contributed by atoms with van der Waals surface area (Å²) in [7, 11) is 0. The summed E-state index contributed by atoms with van der Waals surface area (Å²) in [6, 6.07) is 16.5. The topological polar surface area (TPSA) is 124 Å². The molecule has 0 unspecified atom stereocenters. The molecule has 0 aliphatic rings. The Kier molecular flexibility index (Phi) is 6.26. The van der Waals surface area contributed by atoms with Gasteiger partial charge in [-0.25, -0.2) is 0 Å². The second kappa shape index (κ2) is 9.23. The molecule has 0 radical (unpaired) electrons. The Bertz CT molecular complexity index is 997. The molecular weight excluding hydrogens is 374 g/mol. The fourth-order valence-corrected chi connectivity index (χ4v) is 2.45. The van der Waals surface area contributed by atoms with E-state index in [2.05, 4.69) is 10.6 Å². The fourth-order valence-electron chi connectivity index (χ4n) is 2.45. The quantitative estimate of drug-likeness (QED) is 0.542. The molecule has 8 heteroatoms. The van der Waals surface area contributed by atoms with E-state index < -0.39 is 5.91 Å². The van der Waals surface area contributed by atoms with Gasteiger partial charge in [0.15, 0.2) is 12.4 Å². The molecule has 2 aromatic carbocycles. The zero-order valence-electron chi connectivity index (χ0n) is 15.4. The van der Waals surface area contributed by atoms with Crippen molar-refractivity contribution in [1.82, 2.24) is 5.32 Å². The van der Waals surface area contributed by atoms with Crippen molar-refractivity contribution in [3.05, 3.63) is 83.8 Å². The lowest BCUT2D eigenvalue weighted by Gasteiger charge is -2.09. The second-order valence-corrected chi connectivity index (χ2v) is 6.09. The van der Waals surface area contributed by atoms with Crippen molar-refractivity contribution in [1.29, 1.82) is 0 Å². The number of nitrogens with two attached hydrogens (primary N) is 1. The molecule has 0 saturated heterocycles. The van der Waals surface area contributed by atoms with Crippen molar-refractivity contribution in [2.24, 2.45) is 5.73 Å². The van der Waals surface area contributed by atoms with Crippen LogP contribution in [0.15, 0.2) is 71.3 Å². The fraction of sp³-hybridized carbons (Fsp3) is 0.0952. The Balaban J connectivity index is 1.47. The van der Waals surface area contributed by atoms with Crippen LogP contribution < -0.4 is 21.1 Å². The summed E-state index contributed by atoms with van der Waals surface area (Å²) in [6.07, 6.45) is 1.42. The summed E-state index contributed by atoms with van der Waals surface area (Å²) in [5.41, 5.74) is 6.93. The number of nitrogens with one attached hydrogen (secondary N) is 2. The molecule has 8 nitrogen and oxygen atoms in total. The lowest BCUT2D eigenvalue weighted by Crippen LogP contribution is -2.28. The van der Waals surface area contributed by atoms with Gasteiger partial charge < -0.3 is 25.5 Å². The van der Waals surface area contributed by atoms with E-state index in [-0.39, 0.29) is 24.2 Å². The Morgan fingerprint density at radius 1 is 1.00 bits per heavy atom. The van der Waals surface area contributed by atoms with E-state index in [0.717, 1.165) is 5.56 Å². The first kappa shape index (κ1) is 19.7. The molecule has 3 aromatic rings. The normalized spacial score (nSPS) is 10.2. The Hall–Kier alpha value is -4.07. The second-order valence-electron chi connectivity index (χ2n) is 6.09. The van der Waals surface area contributed by atoms with Crippen LogP contribution in [0.2, 0.25) is 0 Å². The van der Waals surface area contributed by atoms with Crippen LogP contribution in [0.4, 0.5) is 5.69 Å². The van der Waals surface area contributed by atoms with Crippen LogP contribution in [0.25, 0.3) is 0 Å². The molecule has 0 fully saturated rings. The van der Waals surface area contributed by atoms with Crippen LogP contribution in [-0.4, -0.2) is 24.3 Å². The van der Waals surface area contributed by atoms with Crippen LogP contribution in [-0.2, 0) is 11.3 Å². The summed E-state index contributed by atoms with van der Waals surface area (Å²) < 4.78 is 10.5. The highest BCUT2D eigenvalue weighted by Crippen LogP contribution is 2.18. The molecule has 0 bridgehead atoms. The minimum atomic E-state index is -0.503. The first-order chi connectivity index (χ1) is 14.0. The molecule has 148 valence electrons. The van der Waals surface area contributed by atoms with Crippen LogP contribution in [0, 0.1) is 0 Å². The number of amides is 3. The number of anilines is 1. The maximum Gasteiger partial charge on any atom is 0.291 e. The minimum absolute atomic E-state index is 0.186. The van der Waals surface area contributed by atoms with Crippen molar-refractivity contribution in [3.8, 4) is 5.75 Å². The highest BCUT2D eigenvalue weighted by Gasteiger charge is 2.09. The number of benzene rings is 2. The number of primary amides is 1. The molecule has 0 aliphatic carbocycles. The minimum Gasteiger partial charge on any atom is -0.484 e. The number of carbonyl (C=O) groups is 3. The average Bonchev–Trinajstić information content (AvgIpc) is 3.26. The third-order valence-electron chi connectivity index (χ3n) is 3.93. The van der Waals surface area contributed by atoms with Gasteiger partial charge in [-0.05, 0) is 42.0 Å². The predicted octanol–water partition coefficient (Wildman–Crippen LogP) is 2.33. The molecule has 0 atom stereocenters. The van der Waals surface area contributed by atoms with Gasteiger partial charge in [0.25, 0.3) is 11.8 Å². The average molecular weight is 393 g/mol. The molecule has 0 aliphatic heterocycles. The van der Waals surface area contributed by atoms with E-state index in [1.54, 1.807) is 60.7 Å². The summed E-state index contributed by atoms with van der Waals surface area (Å²) >= 11 is 0. The summed E-state index contributed by atoms with van der Waals surface area (Å²) in [5.74, 6) is -0.569. The van der Waals surface area contributed by atoms with Gasteiger partial charge >= 0.3 is 0 Å². The van der Waals surface area contributed by atoms with Crippen molar-refractivity contribution < 1.29 is 23.5 Å². The number of furan rings is 1. The number of rotatable bonds is 8. The van der Waals surface area contributed by atoms with E-state index in [0.29, 0.717) is 23.5 Å². The molecule has 1 aromatic heterocycles. The van der Waals surface area contributed by atoms with Gasteiger partial charge in [-0.15, -0.1) is 0 Å². The zero-order valence-corrected chi connectivity index (χ0v) is 15.4. The Morgan fingerprint density at radius 2 is 1.79 bits per heavy atom. The number of ether oxygens (including phenoxy) is 1. The van der Waals surface area contributed by atoms with E-state index in [4.69, 9.17) is 14.9 Å². The van der Waals surface area contributed by atoms with Gasteiger partial charge in [0.05, 0.1) is 6.26 Å². The first-order valence-electron chi connectivity index (χ1n) is 8.74. The summed E-state index contributed by atoms with van der Waals surface area (Å²) in [5, 5.41) is 5.41. The molecule has 3 rings (SSSR count). The van der Waals surface area contributed by atoms with Crippen molar-refractivity contribution in [2.75, 3.05) is 11.9 Å². The SMILES string of the molecule is NC(=O)c1ccc(CNC(=O)COc2cccc(NC(=O)c3ccco3)c2)cc1. The zero-order chi connectivity index (χ0) is 20.6. The predicted molar refractivity (Wildman–Crippen MR) is 105 cm³/mol. The molecule has 3 amide bonds. The molecular formula is C21H19N3O5. The number of carbonyl (C=O) groups excluding carboxylic acids is 3. The standard InChI is InChI=1S/C21H19N3O5/c22-20(26)15-8-6-14(7-9-15)12-23-19(25)13-29-17-4-1-3-16(11-17)24-21(27)18-5-2-10-28-18/h1-11H,12-13H2,(H2,22,26)(H,23,25)(H,24,27). The molecule has 29 heavy (non-hydrogen) atoms. The van der Waals surface area contributed by atoms with Gasteiger partial charge in [-0.2, -0.15) is 0 Å². The van der Waals surface area contributed by atoms with Crippen molar-refractivity contribution in [3.63, 3.8) is 0 Å². The van der Waals surface area contributed by atoms with Crippen LogP contribution in [0.3, 0.4) is 0 Å². The molecule has 0 spiro atoms. The van der Waals surface area contributed by atoms with Gasteiger partial charge in [0.1, 0.15) is 5.75 Å². The highest BCUT2D eigenvalue weighted by atomic mass is 16.5. The van der Waals surface area contributed by atoms with Gasteiger partial charge in [-0.3, -0.25) is 14.4 Å². The summed E-state index contributed by atoms with van der Waals surface area (Å²) in [6.45, 7) is 0.107. The maximum absolute atomic E-state index is 12.0.